The van der Waals surface area contributed by atoms with Crippen molar-refractivity contribution in [2.24, 2.45) is 0 Å². The largest absolute Gasteiger partial charge is 0.319 e. The lowest BCUT2D eigenvalue weighted by Gasteiger charge is -2.18. The molecule has 0 fully saturated rings. The van der Waals surface area contributed by atoms with Crippen molar-refractivity contribution in [3.8, 4) is 0 Å². The van der Waals surface area contributed by atoms with Gasteiger partial charge in [0.1, 0.15) is 0 Å². The number of rotatable bonds is 5. The molecule has 2 rings (SSSR count). The van der Waals surface area contributed by atoms with Crippen molar-refractivity contribution in [1.82, 2.24) is 10.3 Å². The van der Waals surface area contributed by atoms with Crippen molar-refractivity contribution >= 4 is 11.3 Å². The summed E-state index contributed by atoms with van der Waals surface area (Å²) in [4.78, 5) is 4.38. The summed E-state index contributed by atoms with van der Waals surface area (Å²) >= 11 is 1.74. The van der Waals surface area contributed by atoms with E-state index in [0.717, 1.165) is 13.0 Å². The summed E-state index contributed by atoms with van der Waals surface area (Å²) < 4.78 is 0. The van der Waals surface area contributed by atoms with Gasteiger partial charge in [-0.15, -0.1) is 11.3 Å². The maximum Gasteiger partial charge on any atom is 0.0931 e. The summed E-state index contributed by atoms with van der Waals surface area (Å²) in [5.74, 6) is 0.507. The van der Waals surface area contributed by atoms with E-state index < -0.39 is 0 Å². The molecule has 0 amide bonds. The molecule has 3 heteroatoms. The van der Waals surface area contributed by atoms with Crippen LogP contribution >= 0.6 is 11.3 Å². The van der Waals surface area contributed by atoms with Crippen LogP contribution in [0.15, 0.2) is 35.8 Å². The highest BCUT2D eigenvalue weighted by atomic mass is 32.1. The molecule has 1 N–H and O–H groups in total. The van der Waals surface area contributed by atoms with Gasteiger partial charge in [0, 0.05) is 30.5 Å². The predicted molar refractivity (Wildman–Crippen MR) is 73.7 cm³/mol. The van der Waals surface area contributed by atoms with Crippen LogP contribution in [-0.4, -0.2) is 18.6 Å². The number of nitrogens with one attached hydrogen (secondary N) is 1. The van der Waals surface area contributed by atoms with E-state index in [1.54, 1.807) is 11.3 Å². The molecule has 1 aromatic carbocycles. The Morgan fingerprint density at radius 1 is 1.35 bits per heavy atom. The first-order chi connectivity index (χ1) is 8.31. The molecule has 0 radical (unpaired) electrons. The highest BCUT2D eigenvalue weighted by molar-refractivity contribution is 7.09. The Morgan fingerprint density at radius 3 is 2.82 bits per heavy atom. The van der Waals surface area contributed by atoms with Crippen LogP contribution in [-0.2, 0) is 6.42 Å². The number of hydrogen-bond donors (Lipinski definition) is 1. The second-order valence-electron chi connectivity index (χ2n) is 4.24. The minimum atomic E-state index is 0.507. The molecule has 2 nitrogen and oxygen atoms in total. The molecule has 0 bridgehead atoms. The van der Waals surface area contributed by atoms with Crippen LogP contribution in [0.1, 0.15) is 22.1 Å². The molecule has 2 aromatic rings. The second kappa shape index (κ2) is 5.94. The van der Waals surface area contributed by atoms with E-state index in [2.05, 4.69) is 41.5 Å². The van der Waals surface area contributed by atoms with Crippen molar-refractivity contribution in [3.05, 3.63) is 52.0 Å². The van der Waals surface area contributed by atoms with Crippen molar-refractivity contribution in [1.29, 1.82) is 0 Å². The Bertz CT molecular complexity index is 451. The first-order valence-corrected chi connectivity index (χ1v) is 6.77. The smallest absolute Gasteiger partial charge is 0.0931 e. The molecule has 1 heterocycles. The van der Waals surface area contributed by atoms with Gasteiger partial charge in [0.05, 0.1) is 5.01 Å². The van der Waals surface area contributed by atoms with E-state index >= 15 is 0 Å². The fraction of sp³-hybridized carbons (Fsp3) is 0.357. The van der Waals surface area contributed by atoms with Crippen molar-refractivity contribution < 1.29 is 0 Å². The minimum absolute atomic E-state index is 0.507. The molecular formula is C14H18N2S. The normalized spacial score (nSPS) is 12.6. The van der Waals surface area contributed by atoms with E-state index in [9.17, 15) is 0 Å². The standard InChI is InChI=1S/C14H18N2S/c1-11-5-3-4-6-13(11)12(10-15-2)9-14-16-7-8-17-14/h3-8,12,15H,9-10H2,1-2H3. The van der Waals surface area contributed by atoms with Gasteiger partial charge < -0.3 is 5.32 Å². The monoisotopic (exact) mass is 246 g/mol. The summed E-state index contributed by atoms with van der Waals surface area (Å²) in [5, 5.41) is 6.54. The van der Waals surface area contributed by atoms with Gasteiger partial charge in [0.15, 0.2) is 0 Å². The molecule has 17 heavy (non-hydrogen) atoms. The number of thiazole rings is 1. The number of aromatic nitrogens is 1. The number of nitrogens with zero attached hydrogens (tertiary/aromatic N) is 1. The molecule has 1 aromatic heterocycles. The van der Waals surface area contributed by atoms with Crippen LogP contribution in [0.3, 0.4) is 0 Å². The Balaban J connectivity index is 2.20. The number of hydrogen-bond acceptors (Lipinski definition) is 3. The third-order valence-electron chi connectivity index (χ3n) is 2.98. The van der Waals surface area contributed by atoms with Gasteiger partial charge in [0.25, 0.3) is 0 Å². The molecule has 0 spiro atoms. The summed E-state index contributed by atoms with van der Waals surface area (Å²) in [6.07, 6.45) is 2.90. The fourth-order valence-corrected chi connectivity index (χ4v) is 2.85. The van der Waals surface area contributed by atoms with Gasteiger partial charge in [-0.05, 0) is 25.1 Å². The van der Waals surface area contributed by atoms with Crippen molar-refractivity contribution in [3.63, 3.8) is 0 Å². The first-order valence-electron chi connectivity index (χ1n) is 5.89. The van der Waals surface area contributed by atoms with E-state index in [0.29, 0.717) is 5.92 Å². The number of benzene rings is 1. The Morgan fingerprint density at radius 2 is 2.18 bits per heavy atom. The van der Waals surface area contributed by atoms with E-state index in [-0.39, 0.29) is 0 Å². The molecule has 0 aliphatic rings. The Kier molecular flexibility index (Phi) is 4.29. The minimum Gasteiger partial charge on any atom is -0.319 e. The first kappa shape index (κ1) is 12.3. The lowest BCUT2D eigenvalue weighted by Crippen LogP contribution is -2.19. The molecule has 0 saturated heterocycles. The molecule has 90 valence electrons. The zero-order valence-corrected chi connectivity index (χ0v) is 11.1. The third kappa shape index (κ3) is 3.14. The van der Waals surface area contributed by atoms with Gasteiger partial charge in [0.2, 0.25) is 0 Å². The average molecular weight is 246 g/mol. The summed E-state index contributed by atoms with van der Waals surface area (Å²) in [6.45, 7) is 3.17. The maximum atomic E-state index is 4.38. The highest BCUT2D eigenvalue weighted by Gasteiger charge is 2.14. The van der Waals surface area contributed by atoms with Crippen LogP contribution in [0.2, 0.25) is 0 Å². The number of aryl methyl sites for hydroxylation is 1. The van der Waals surface area contributed by atoms with Gasteiger partial charge in [-0.3, -0.25) is 0 Å². The molecular weight excluding hydrogens is 228 g/mol. The van der Waals surface area contributed by atoms with Crippen molar-refractivity contribution in [2.45, 2.75) is 19.3 Å². The molecule has 0 saturated carbocycles. The summed E-state index contributed by atoms with van der Waals surface area (Å²) in [6, 6.07) is 8.62. The highest BCUT2D eigenvalue weighted by Crippen LogP contribution is 2.24. The van der Waals surface area contributed by atoms with Crippen LogP contribution in [0, 0.1) is 6.92 Å². The second-order valence-corrected chi connectivity index (χ2v) is 5.22. The molecule has 0 aliphatic carbocycles. The molecule has 1 atom stereocenters. The topological polar surface area (TPSA) is 24.9 Å². The number of likely N-dealkylation sites (N-methyl/N-ethyl adjacent to an activating group) is 1. The van der Waals surface area contributed by atoms with Crippen LogP contribution in [0.5, 0.6) is 0 Å². The fourth-order valence-electron chi connectivity index (χ4n) is 2.15. The molecule has 0 aliphatic heterocycles. The lowest BCUT2D eigenvalue weighted by atomic mass is 9.92. The van der Waals surface area contributed by atoms with Crippen LogP contribution in [0.4, 0.5) is 0 Å². The van der Waals surface area contributed by atoms with E-state index in [4.69, 9.17) is 0 Å². The van der Waals surface area contributed by atoms with E-state index in [1.807, 2.05) is 18.6 Å². The quantitative estimate of drug-likeness (QED) is 0.877. The van der Waals surface area contributed by atoms with Crippen LogP contribution in [0.25, 0.3) is 0 Å². The third-order valence-corrected chi connectivity index (χ3v) is 3.79. The van der Waals surface area contributed by atoms with Gasteiger partial charge in [-0.1, -0.05) is 24.3 Å². The van der Waals surface area contributed by atoms with Crippen molar-refractivity contribution in [2.75, 3.05) is 13.6 Å². The molecule has 1 unspecified atom stereocenters. The lowest BCUT2D eigenvalue weighted by molar-refractivity contribution is 0.621. The predicted octanol–water partition coefficient (Wildman–Crippen LogP) is 3.00. The Labute approximate surface area is 107 Å². The van der Waals surface area contributed by atoms with Gasteiger partial charge in [-0.25, -0.2) is 4.98 Å². The summed E-state index contributed by atoms with van der Waals surface area (Å²) in [5.41, 5.74) is 2.79. The zero-order valence-electron chi connectivity index (χ0n) is 10.3. The SMILES string of the molecule is CNCC(Cc1nccs1)c1ccccc1C. The van der Waals surface area contributed by atoms with Gasteiger partial charge in [-0.2, -0.15) is 0 Å². The average Bonchev–Trinajstić information content (AvgIpc) is 2.82. The van der Waals surface area contributed by atoms with Crippen LogP contribution < -0.4 is 5.32 Å². The summed E-state index contributed by atoms with van der Waals surface area (Å²) in [7, 11) is 2.01. The van der Waals surface area contributed by atoms with E-state index in [1.165, 1.54) is 16.1 Å². The Hall–Kier alpha value is -1.19. The van der Waals surface area contributed by atoms with Gasteiger partial charge >= 0.3 is 0 Å². The zero-order chi connectivity index (χ0) is 12.1. The maximum absolute atomic E-state index is 4.38.